The maximum Gasteiger partial charge on any atom is 0.411 e. The molecule has 0 bridgehead atoms. The Morgan fingerprint density at radius 1 is 1.15 bits per heavy atom. The van der Waals surface area contributed by atoms with Crippen molar-refractivity contribution in [2.75, 3.05) is 17.7 Å². The Hall–Kier alpha value is -1.71. The average molecular weight is 278 g/mol. The Bertz CT molecular complexity index is 390. The van der Waals surface area contributed by atoms with E-state index >= 15 is 0 Å². The highest BCUT2D eigenvalue weighted by atomic mass is 16.5. The van der Waals surface area contributed by atoms with Crippen molar-refractivity contribution in [1.82, 2.24) is 0 Å². The highest BCUT2D eigenvalue weighted by Crippen LogP contribution is 2.16. The normalized spacial score (nSPS) is 11.8. The Balaban J connectivity index is 2.35. The first-order chi connectivity index (χ1) is 9.65. The van der Waals surface area contributed by atoms with Crippen molar-refractivity contribution in [3.05, 3.63) is 24.3 Å². The number of hydrogen-bond acceptors (Lipinski definition) is 3. The zero-order chi connectivity index (χ0) is 14.8. The number of rotatable bonds is 8. The summed E-state index contributed by atoms with van der Waals surface area (Å²) < 4.78 is 4.55. The lowest BCUT2D eigenvalue weighted by atomic mass is 10.1. The molecule has 0 aliphatic rings. The fourth-order valence-electron chi connectivity index (χ4n) is 2.05. The molecule has 1 rings (SSSR count). The molecule has 0 aromatic heterocycles. The van der Waals surface area contributed by atoms with Crippen LogP contribution in [0.25, 0.3) is 0 Å². The number of unbranched alkanes of at least 4 members (excludes halogenated alkanes) is 3. The van der Waals surface area contributed by atoms with Gasteiger partial charge in [0.25, 0.3) is 0 Å². The Morgan fingerprint density at radius 2 is 1.80 bits per heavy atom. The number of benzene rings is 1. The van der Waals surface area contributed by atoms with E-state index in [-0.39, 0.29) is 0 Å². The van der Waals surface area contributed by atoms with Crippen LogP contribution >= 0.6 is 0 Å². The molecule has 0 aliphatic carbocycles. The second-order valence-electron chi connectivity index (χ2n) is 5.09. The van der Waals surface area contributed by atoms with Crippen LogP contribution in [-0.2, 0) is 4.74 Å². The van der Waals surface area contributed by atoms with Gasteiger partial charge in [0, 0.05) is 17.4 Å². The molecule has 2 N–H and O–H groups in total. The summed E-state index contributed by atoms with van der Waals surface area (Å²) in [5.41, 5.74) is 1.81. The number of carbonyl (C=O) groups excluding carboxylic acids is 1. The van der Waals surface area contributed by atoms with E-state index in [0.717, 1.165) is 11.4 Å². The first kappa shape index (κ1) is 16.3. The van der Waals surface area contributed by atoms with Crippen molar-refractivity contribution in [2.24, 2.45) is 0 Å². The summed E-state index contributed by atoms with van der Waals surface area (Å²) in [7, 11) is 1.35. The third-order valence-corrected chi connectivity index (χ3v) is 3.22. The van der Waals surface area contributed by atoms with E-state index in [1.165, 1.54) is 39.2 Å². The van der Waals surface area contributed by atoms with Crippen LogP contribution in [0.3, 0.4) is 0 Å². The van der Waals surface area contributed by atoms with Gasteiger partial charge in [0.15, 0.2) is 0 Å². The highest BCUT2D eigenvalue weighted by Gasteiger charge is 2.03. The third-order valence-electron chi connectivity index (χ3n) is 3.22. The van der Waals surface area contributed by atoms with Gasteiger partial charge in [-0.2, -0.15) is 0 Å². The SMILES string of the molecule is CCCCCCC(C)Nc1ccc(NC(=O)OC)cc1. The summed E-state index contributed by atoms with van der Waals surface area (Å²) >= 11 is 0. The van der Waals surface area contributed by atoms with Gasteiger partial charge in [-0.3, -0.25) is 5.32 Å². The van der Waals surface area contributed by atoms with Gasteiger partial charge in [0.2, 0.25) is 0 Å². The molecule has 0 saturated heterocycles. The molecule has 20 heavy (non-hydrogen) atoms. The maximum absolute atomic E-state index is 11.1. The largest absolute Gasteiger partial charge is 0.453 e. The van der Waals surface area contributed by atoms with Crippen molar-refractivity contribution in [3.63, 3.8) is 0 Å². The lowest BCUT2D eigenvalue weighted by molar-refractivity contribution is 0.187. The smallest absolute Gasteiger partial charge is 0.411 e. The second kappa shape index (κ2) is 9.23. The zero-order valence-electron chi connectivity index (χ0n) is 12.7. The van der Waals surface area contributed by atoms with Crippen LogP contribution in [0.15, 0.2) is 24.3 Å². The third kappa shape index (κ3) is 6.45. The van der Waals surface area contributed by atoms with Crippen molar-refractivity contribution >= 4 is 17.5 Å². The molecule has 1 atom stereocenters. The molecule has 0 radical (unpaired) electrons. The Labute approximate surface area is 121 Å². The van der Waals surface area contributed by atoms with Crippen LogP contribution in [0.5, 0.6) is 0 Å². The Morgan fingerprint density at radius 3 is 2.40 bits per heavy atom. The number of hydrogen-bond donors (Lipinski definition) is 2. The monoisotopic (exact) mass is 278 g/mol. The summed E-state index contributed by atoms with van der Waals surface area (Å²) in [5, 5.41) is 6.10. The van der Waals surface area contributed by atoms with E-state index < -0.39 is 6.09 Å². The second-order valence-corrected chi connectivity index (χ2v) is 5.09. The lowest BCUT2D eigenvalue weighted by Gasteiger charge is -2.15. The van der Waals surface area contributed by atoms with Crippen molar-refractivity contribution in [1.29, 1.82) is 0 Å². The van der Waals surface area contributed by atoms with E-state index in [0.29, 0.717) is 6.04 Å². The minimum Gasteiger partial charge on any atom is -0.453 e. The number of anilines is 2. The van der Waals surface area contributed by atoms with Crippen molar-refractivity contribution < 1.29 is 9.53 Å². The Kier molecular flexibility index (Phi) is 7.55. The molecular weight excluding hydrogens is 252 g/mol. The van der Waals surface area contributed by atoms with Gasteiger partial charge in [-0.05, 0) is 37.6 Å². The van der Waals surface area contributed by atoms with Crippen molar-refractivity contribution in [3.8, 4) is 0 Å². The van der Waals surface area contributed by atoms with Gasteiger partial charge in [-0.1, -0.05) is 32.6 Å². The van der Waals surface area contributed by atoms with E-state index in [2.05, 4.69) is 29.2 Å². The minimum absolute atomic E-state index is 0.449. The molecule has 0 aliphatic heterocycles. The molecule has 0 heterocycles. The van der Waals surface area contributed by atoms with Crippen LogP contribution in [0.2, 0.25) is 0 Å². The quantitative estimate of drug-likeness (QED) is 0.681. The summed E-state index contributed by atoms with van der Waals surface area (Å²) in [6, 6.07) is 8.12. The summed E-state index contributed by atoms with van der Waals surface area (Å²) in [6.07, 6.45) is 5.91. The van der Waals surface area contributed by atoms with E-state index in [1.807, 2.05) is 24.3 Å². The first-order valence-corrected chi connectivity index (χ1v) is 7.37. The molecular formula is C16H26N2O2. The van der Waals surface area contributed by atoms with Crippen LogP contribution in [0, 0.1) is 0 Å². The van der Waals surface area contributed by atoms with Gasteiger partial charge in [0.1, 0.15) is 0 Å². The van der Waals surface area contributed by atoms with E-state index in [1.54, 1.807) is 0 Å². The van der Waals surface area contributed by atoms with Gasteiger partial charge in [-0.25, -0.2) is 4.79 Å². The van der Waals surface area contributed by atoms with Gasteiger partial charge >= 0.3 is 6.09 Å². The summed E-state index contributed by atoms with van der Waals surface area (Å²) in [5.74, 6) is 0. The van der Waals surface area contributed by atoms with Crippen LogP contribution in [-0.4, -0.2) is 19.2 Å². The van der Waals surface area contributed by atoms with E-state index in [9.17, 15) is 4.79 Å². The van der Waals surface area contributed by atoms with Crippen LogP contribution < -0.4 is 10.6 Å². The highest BCUT2D eigenvalue weighted by molar-refractivity contribution is 5.84. The number of nitrogens with one attached hydrogen (secondary N) is 2. The predicted molar refractivity (Wildman–Crippen MR) is 84.3 cm³/mol. The fourth-order valence-corrected chi connectivity index (χ4v) is 2.05. The van der Waals surface area contributed by atoms with Gasteiger partial charge in [0.05, 0.1) is 7.11 Å². The zero-order valence-corrected chi connectivity index (χ0v) is 12.7. The number of amides is 1. The van der Waals surface area contributed by atoms with Crippen LogP contribution in [0.4, 0.5) is 16.2 Å². The minimum atomic E-state index is -0.449. The topological polar surface area (TPSA) is 50.4 Å². The molecule has 112 valence electrons. The maximum atomic E-state index is 11.1. The first-order valence-electron chi connectivity index (χ1n) is 7.37. The number of ether oxygens (including phenoxy) is 1. The summed E-state index contributed by atoms with van der Waals surface area (Å²) in [6.45, 7) is 4.43. The number of methoxy groups -OCH3 is 1. The summed E-state index contributed by atoms with van der Waals surface area (Å²) in [4.78, 5) is 11.1. The molecule has 1 amide bonds. The molecule has 1 aromatic carbocycles. The molecule has 1 unspecified atom stereocenters. The molecule has 0 spiro atoms. The molecule has 0 saturated carbocycles. The molecule has 0 fully saturated rings. The lowest BCUT2D eigenvalue weighted by Crippen LogP contribution is -2.15. The van der Waals surface area contributed by atoms with Crippen LogP contribution in [0.1, 0.15) is 46.0 Å². The molecule has 1 aromatic rings. The standard InChI is InChI=1S/C16H26N2O2/c1-4-5-6-7-8-13(2)17-14-9-11-15(12-10-14)18-16(19)20-3/h9-13,17H,4-8H2,1-3H3,(H,18,19). The fraction of sp³-hybridized carbons (Fsp3) is 0.562. The molecule has 4 nitrogen and oxygen atoms in total. The average Bonchev–Trinajstić information content (AvgIpc) is 2.45. The van der Waals surface area contributed by atoms with Gasteiger partial charge < -0.3 is 10.1 Å². The molecule has 4 heteroatoms. The predicted octanol–water partition coefficient (Wildman–Crippen LogP) is 4.64. The van der Waals surface area contributed by atoms with Crippen molar-refractivity contribution in [2.45, 2.75) is 52.0 Å². The van der Waals surface area contributed by atoms with Gasteiger partial charge in [-0.15, -0.1) is 0 Å². The number of carbonyl (C=O) groups is 1. The van der Waals surface area contributed by atoms with E-state index in [4.69, 9.17) is 0 Å².